The van der Waals surface area contributed by atoms with Gasteiger partial charge in [0, 0.05) is 17.6 Å². The second kappa shape index (κ2) is 12.0. The maximum absolute atomic E-state index is 13.5. The Bertz CT molecular complexity index is 1260. The van der Waals surface area contributed by atoms with Crippen LogP contribution in [0.25, 0.3) is 0 Å². The van der Waals surface area contributed by atoms with Gasteiger partial charge in [0.25, 0.3) is 10.0 Å². The minimum absolute atomic E-state index is 0.0874. The third-order valence-electron chi connectivity index (χ3n) is 5.45. The van der Waals surface area contributed by atoms with Gasteiger partial charge in [0.1, 0.15) is 6.54 Å². The van der Waals surface area contributed by atoms with Gasteiger partial charge >= 0.3 is 0 Å². The molecule has 1 N–H and O–H groups in total. The van der Waals surface area contributed by atoms with Crippen molar-refractivity contribution in [2.24, 2.45) is 0 Å². The molecule has 0 unspecified atom stereocenters. The number of nitrogens with zero attached hydrogens (tertiary/aromatic N) is 1. The largest absolute Gasteiger partial charge is 0.493 e. The van der Waals surface area contributed by atoms with Crippen molar-refractivity contribution < 1.29 is 22.7 Å². The Morgan fingerprint density at radius 3 is 2.31 bits per heavy atom. The number of carbonyl (C=O) groups is 1. The minimum atomic E-state index is -4.03. The van der Waals surface area contributed by atoms with E-state index in [2.05, 4.69) is 5.32 Å². The second-order valence-electron chi connectivity index (χ2n) is 7.91. The van der Waals surface area contributed by atoms with E-state index in [0.717, 1.165) is 15.4 Å². The molecule has 3 rings (SSSR count). The molecule has 0 aromatic heterocycles. The number of rotatable bonds is 11. The summed E-state index contributed by atoms with van der Waals surface area (Å²) >= 11 is 6.19. The molecule has 35 heavy (non-hydrogen) atoms. The zero-order chi connectivity index (χ0) is 25.4. The third kappa shape index (κ3) is 6.68. The van der Waals surface area contributed by atoms with Gasteiger partial charge in [-0.1, -0.05) is 47.5 Å². The molecule has 0 aliphatic carbocycles. The lowest BCUT2D eigenvalue weighted by Gasteiger charge is -2.25. The summed E-state index contributed by atoms with van der Waals surface area (Å²) in [6, 6.07) is 18.8. The topological polar surface area (TPSA) is 84.9 Å². The highest BCUT2D eigenvalue weighted by atomic mass is 35.5. The van der Waals surface area contributed by atoms with E-state index in [1.54, 1.807) is 24.3 Å². The quantitative estimate of drug-likeness (QED) is 0.376. The van der Waals surface area contributed by atoms with Crippen LogP contribution in [-0.2, 0) is 21.2 Å². The maximum atomic E-state index is 13.5. The molecule has 0 bridgehead atoms. The average molecular weight is 517 g/mol. The smallest absolute Gasteiger partial charge is 0.264 e. The number of halogens is 1. The summed E-state index contributed by atoms with van der Waals surface area (Å²) in [5.74, 6) is 0.386. The summed E-state index contributed by atoms with van der Waals surface area (Å²) in [7, 11) is -1.07. The molecule has 0 radical (unpaired) electrons. The van der Waals surface area contributed by atoms with E-state index in [1.807, 2.05) is 31.2 Å². The van der Waals surface area contributed by atoms with Crippen LogP contribution < -0.4 is 19.1 Å². The van der Waals surface area contributed by atoms with E-state index in [4.69, 9.17) is 21.1 Å². The lowest BCUT2D eigenvalue weighted by molar-refractivity contribution is -0.119. The summed E-state index contributed by atoms with van der Waals surface area (Å²) in [6.07, 6.45) is 1.36. The summed E-state index contributed by atoms with van der Waals surface area (Å²) in [4.78, 5) is 12.9. The first kappa shape index (κ1) is 26.4. The molecule has 186 valence electrons. The monoisotopic (exact) mass is 516 g/mol. The predicted molar refractivity (Wildman–Crippen MR) is 138 cm³/mol. The van der Waals surface area contributed by atoms with Crippen LogP contribution >= 0.6 is 11.6 Å². The Labute approximate surface area is 211 Å². The Balaban J connectivity index is 1.79. The molecule has 0 heterocycles. The number of hydrogen-bond acceptors (Lipinski definition) is 5. The van der Waals surface area contributed by atoms with Crippen LogP contribution in [0, 0.1) is 6.92 Å². The number of anilines is 1. The van der Waals surface area contributed by atoms with Crippen molar-refractivity contribution in [2.75, 3.05) is 31.6 Å². The minimum Gasteiger partial charge on any atom is -0.493 e. The number of ether oxygens (including phenoxy) is 2. The van der Waals surface area contributed by atoms with Crippen LogP contribution in [0.2, 0.25) is 5.02 Å². The Morgan fingerprint density at radius 1 is 0.971 bits per heavy atom. The first-order valence-corrected chi connectivity index (χ1v) is 12.9. The van der Waals surface area contributed by atoms with Crippen LogP contribution in [0.15, 0.2) is 71.6 Å². The number of benzene rings is 3. The highest BCUT2D eigenvalue weighted by molar-refractivity contribution is 7.92. The molecule has 0 aliphatic heterocycles. The van der Waals surface area contributed by atoms with Gasteiger partial charge in [-0.05, 0) is 55.7 Å². The lowest BCUT2D eigenvalue weighted by atomic mass is 10.1. The third-order valence-corrected chi connectivity index (χ3v) is 7.61. The van der Waals surface area contributed by atoms with Crippen LogP contribution in [-0.4, -0.2) is 41.6 Å². The molecule has 3 aromatic carbocycles. The molecule has 7 nitrogen and oxygen atoms in total. The van der Waals surface area contributed by atoms with E-state index in [-0.39, 0.29) is 10.6 Å². The van der Waals surface area contributed by atoms with E-state index in [9.17, 15) is 13.2 Å². The number of methoxy groups -OCH3 is 2. The average Bonchev–Trinajstić information content (AvgIpc) is 2.86. The summed E-state index contributed by atoms with van der Waals surface area (Å²) < 4.78 is 38.8. The first-order chi connectivity index (χ1) is 16.8. The van der Waals surface area contributed by atoms with Gasteiger partial charge in [0.05, 0.1) is 24.8 Å². The fraction of sp³-hybridized carbons (Fsp3) is 0.269. The van der Waals surface area contributed by atoms with Crippen LogP contribution in [0.1, 0.15) is 17.5 Å². The number of amides is 1. The van der Waals surface area contributed by atoms with E-state index in [0.29, 0.717) is 35.9 Å². The van der Waals surface area contributed by atoms with E-state index in [1.165, 1.54) is 32.4 Å². The maximum Gasteiger partial charge on any atom is 0.264 e. The fourth-order valence-corrected chi connectivity index (χ4v) is 5.17. The second-order valence-corrected chi connectivity index (χ2v) is 10.2. The number of sulfonamides is 1. The molecule has 1 amide bonds. The van der Waals surface area contributed by atoms with Crippen molar-refractivity contribution >= 4 is 33.2 Å². The molecule has 9 heteroatoms. The van der Waals surface area contributed by atoms with Crippen LogP contribution in [0.5, 0.6) is 11.5 Å². The molecule has 0 aliphatic rings. The summed E-state index contributed by atoms with van der Waals surface area (Å²) in [5, 5.41) is 3.50. The molecule has 0 saturated carbocycles. The normalized spacial score (nSPS) is 11.1. The van der Waals surface area contributed by atoms with Gasteiger partial charge in [-0.2, -0.15) is 0 Å². The predicted octanol–water partition coefficient (Wildman–Crippen LogP) is 4.61. The number of aryl methyl sites for hydroxylation is 2. The molecule has 0 saturated heterocycles. The SMILES string of the molecule is COc1ccc(N(CC(=O)NCCCc2ccccc2Cl)S(=O)(=O)c2ccc(C)cc2)cc1OC. The first-order valence-electron chi connectivity index (χ1n) is 11.1. The van der Waals surface area contributed by atoms with Crippen molar-refractivity contribution in [3.8, 4) is 11.5 Å². The van der Waals surface area contributed by atoms with E-state index >= 15 is 0 Å². The van der Waals surface area contributed by atoms with Crippen molar-refractivity contribution in [3.63, 3.8) is 0 Å². The number of carbonyl (C=O) groups excluding carboxylic acids is 1. The van der Waals surface area contributed by atoms with Crippen molar-refractivity contribution in [2.45, 2.75) is 24.7 Å². The van der Waals surface area contributed by atoms with Gasteiger partial charge in [0.15, 0.2) is 11.5 Å². The molecular weight excluding hydrogens is 488 g/mol. The number of hydrogen-bond donors (Lipinski definition) is 1. The van der Waals surface area contributed by atoms with Gasteiger partial charge in [-0.25, -0.2) is 8.42 Å². The van der Waals surface area contributed by atoms with Crippen molar-refractivity contribution in [1.82, 2.24) is 5.32 Å². The molecular formula is C26H29ClN2O5S. The molecule has 0 atom stereocenters. The standard InChI is InChI=1S/C26H29ClN2O5S/c1-19-10-13-22(14-11-19)35(31,32)29(21-12-15-24(33-2)25(17-21)34-3)18-26(30)28-16-6-8-20-7-4-5-9-23(20)27/h4-5,7,9-15,17H,6,8,16,18H2,1-3H3,(H,28,30). The van der Waals surface area contributed by atoms with Gasteiger partial charge in [-0.3, -0.25) is 9.10 Å². The lowest BCUT2D eigenvalue weighted by Crippen LogP contribution is -2.41. The zero-order valence-electron chi connectivity index (χ0n) is 20.0. The van der Waals surface area contributed by atoms with Crippen LogP contribution in [0.3, 0.4) is 0 Å². The number of nitrogens with one attached hydrogen (secondary N) is 1. The van der Waals surface area contributed by atoms with Crippen molar-refractivity contribution in [3.05, 3.63) is 82.9 Å². The zero-order valence-corrected chi connectivity index (χ0v) is 21.5. The summed E-state index contributed by atoms with van der Waals surface area (Å²) in [5.41, 5.74) is 2.21. The van der Waals surface area contributed by atoms with Gasteiger partial charge < -0.3 is 14.8 Å². The Kier molecular flexibility index (Phi) is 9.01. The van der Waals surface area contributed by atoms with Crippen molar-refractivity contribution in [1.29, 1.82) is 0 Å². The Hall–Kier alpha value is -3.23. The van der Waals surface area contributed by atoms with Gasteiger partial charge in [-0.15, -0.1) is 0 Å². The van der Waals surface area contributed by atoms with E-state index < -0.39 is 22.5 Å². The highest BCUT2D eigenvalue weighted by Crippen LogP contribution is 2.33. The Morgan fingerprint density at radius 2 is 1.66 bits per heavy atom. The fourth-order valence-electron chi connectivity index (χ4n) is 3.53. The van der Waals surface area contributed by atoms with Gasteiger partial charge in [0.2, 0.25) is 5.91 Å². The molecule has 3 aromatic rings. The highest BCUT2D eigenvalue weighted by Gasteiger charge is 2.28. The molecule has 0 fully saturated rings. The molecule has 0 spiro atoms. The summed E-state index contributed by atoms with van der Waals surface area (Å²) in [6.45, 7) is 1.87. The van der Waals surface area contributed by atoms with Crippen LogP contribution in [0.4, 0.5) is 5.69 Å².